The first-order valence-electron chi connectivity index (χ1n) is 6.53. The summed E-state index contributed by atoms with van der Waals surface area (Å²) in [4.78, 5) is 0. The number of benzene rings is 1. The Morgan fingerprint density at radius 3 is 2.90 bits per heavy atom. The smallest absolute Gasteiger partial charge is 0.182 e. The Morgan fingerprint density at radius 2 is 2.15 bits per heavy atom. The molecule has 20 heavy (non-hydrogen) atoms. The predicted molar refractivity (Wildman–Crippen MR) is 81.1 cm³/mol. The quantitative estimate of drug-likeness (QED) is 0.619. The van der Waals surface area contributed by atoms with Gasteiger partial charge >= 0.3 is 0 Å². The summed E-state index contributed by atoms with van der Waals surface area (Å²) in [6.07, 6.45) is 3.17. The van der Waals surface area contributed by atoms with Gasteiger partial charge in [0.1, 0.15) is 0 Å². The number of tetrazole rings is 1. The summed E-state index contributed by atoms with van der Waals surface area (Å²) in [7, 11) is 1.72. The molecule has 0 unspecified atom stereocenters. The van der Waals surface area contributed by atoms with Crippen LogP contribution in [0.4, 0.5) is 5.69 Å². The van der Waals surface area contributed by atoms with Crippen molar-refractivity contribution in [3.05, 3.63) is 22.7 Å². The summed E-state index contributed by atoms with van der Waals surface area (Å²) in [5, 5.41) is 11.9. The second-order valence-electron chi connectivity index (χ2n) is 4.52. The van der Waals surface area contributed by atoms with Gasteiger partial charge in [0.2, 0.25) is 0 Å². The second kappa shape index (κ2) is 7.35. The van der Waals surface area contributed by atoms with E-state index in [0.717, 1.165) is 48.3 Å². The van der Waals surface area contributed by atoms with Crippen LogP contribution in [0.15, 0.2) is 22.7 Å². The van der Waals surface area contributed by atoms with E-state index in [1.54, 1.807) is 7.11 Å². The van der Waals surface area contributed by atoms with Gasteiger partial charge in [0, 0.05) is 36.0 Å². The maximum atomic E-state index is 5.89. The minimum absolute atomic E-state index is 0.678. The highest BCUT2D eigenvalue weighted by Crippen LogP contribution is 2.25. The number of nitrogens with two attached hydrogens (primary N) is 1. The molecule has 0 bridgehead atoms. The van der Waals surface area contributed by atoms with Crippen LogP contribution in [0.3, 0.4) is 0 Å². The molecule has 0 spiro atoms. The largest absolute Gasteiger partial charge is 0.398 e. The van der Waals surface area contributed by atoms with Crippen LogP contribution >= 0.6 is 15.9 Å². The zero-order chi connectivity index (χ0) is 14.4. The summed E-state index contributed by atoms with van der Waals surface area (Å²) < 4.78 is 7.72. The number of rotatable bonds is 7. The fourth-order valence-corrected chi connectivity index (χ4v) is 2.18. The van der Waals surface area contributed by atoms with Gasteiger partial charge in [-0.2, -0.15) is 0 Å². The lowest BCUT2D eigenvalue weighted by Gasteiger charge is -2.06. The third-order valence-corrected chi connectivity index (χ3v) is 3.73. The Bertz CT molecular complexity index is 557. The van der Waals surface area contributed by atoms with Crippen LogP contribution in [0.5, 0.6) is 0 Å². The van der Waals surface area contributed by atoms with Crippen LogP contribution < -0.4 is 5.73 Å². The van der Waals surface area contributed by atoms with E-state index in [0.29, 0.717) is 5.69 Å². The zero-order valence-electron chi connectivity index (χ0n) is 11.4. The maximum Gasteiger partial charge on any atom is 0.182 e. The van der Waals surface area contributed by atoms with Crippen molar-refractivity contribution in [1.82, 2.24) is 20.2 Å². The van der Waals surface area contributed by atoms with Gasteiger partial charge in [-0.15, -0.1) is 5.10 Å². The third-order valence-electron chi connectivity index (χ3n) is 3.00. The van der Waals surface area contributed by atoms with E-state index in [1.807, 2.05) is 22.9 Å². The summed E-state index contributed by atoms with van der Waals surface area (Å²) >= 11 is 3.38. The van der Waals surface area contributed by atoms with Crippen LogP contribution in [0.25, 0.3) is 11.4 Å². The topological polar surface area (TPSA) is 78.8 Å². The average molecular weight is 340 g/mol. The monoisotopic (exact) mass is 339 g/mol. The molecule has 2 rings (SSSR count). The molecule has 7 heteroatoms. The molecule has 0 aliphatic rings. The molecule has 1 aromatic carbocycles. The summed E-state index contributed by atoms with van der Waals surface area (Å²) in [6.45, 7) is 1.59. The van der Waals surface area contributed by atoms with Crippen molar-refractivity contribution in [3.8, 4) is 11.4 Å². The Hall–Kier alpha value is -1.47. The highest BCUT2D eigenvalue weighted by atomic mass is 79.9. The van der Waals surface area contributed by atoms with Crippen LogP contribution in [-0.2, 0) is 11.3 Å². The number of halogens is 1. The number of hydrogen-bond acceptors (Lipinski definition) is 5. The van der Waals surface area contributed by atoms with Crippen LogP contribution in [0.2, 0.25) is 0 Å². The molecule has 0 fully saturated rings. The number of anilines is 1. The second-order valence-corrected chi connectivity index (χ2v) is 5.37. The zero-order valence-corrected chi connectivity index (χ0v) is 13.0. The average Bonchev–Trinajstić information content (AvgIpc) is 2.90. The first-order valence-corrected chi connectivity index (χ1v) is 7.32. The van der Waals surface area contributed by atoms with Gasteiger partial charge in [-0.3, -0.25) is 0 Å². The summed E-state index contributed by atoms with van der Waals surface area (Å²) in [5.41, 5.74) is 7.49. The number of nitrogen functional groups attached to an aromatic ring is 1. The Balaban J connectivity index is 2.02. The molecular formula is C13H18BrN5O. The highest BCUT2D eigenvalue weighted by molar-refractivity contribution is 9.10. The molecule has 2 aromatic rings. The molecule has 0 aliphatic heterocycles. The number of ether oxygens (including phenoxy) is 1. The lowest BCUT2D eigenvalue weighted by atomic mass is 10.2. The fourth-order valence-electron chi connectivity index (χ4n) is 1.93. The van der Waals surface area contributed by atoms with Crippen LogP contribution in [-0.4, -0.2) is 33.9 Å². The van der Waals surface area contributed by atoms with E-state index in [2.05, 4.69) is 31.5 Å². The van der Waals surface area contributed by atoms with Crippen LogP contribution in [0, 0.1) is 0 Å². The van der Waals surface area contributed by atoms with E-state index in [1.165, 1.54) is 0 Å². The number of nitrogens with zero attached hydrogens (tertiary/aromatic N) is 4. The Kier molecular flexibility index (Phi) is 5.49. The van der Waals surface area contributed by atoms with Crippen molar-refractivity contribution in [2.24, 2.45) is 0 Å². The number of aromatic nitrogens is 4. The Morgan fingerprint density at radius 1 is 1.30 bits per heavy atom. The van der Waals surface area contributed by atoms with Crippen molar-refractivity contribution < 1.29 is 4.74 Å². The van der Waals surface area contributed by atoms with Crippen molar-refractivity contribution in [2.75, 3.05) is 19.5 Å². The van der Waals surface area contributed by atoms with Gasteiger partial charge in [0.15, 0.2) is 5.82 Å². The molecule has 0 atom stereocenters. The molecule has 1 heterocycles. The number of hydrogen-bond donors (Lipinski definition) is 1. The summed E-state index contributed by atoms with van der Waals surface area (Å²) in [6, 6.07) is 5.73. The van der Waals surface area contributed by atoms with E-state index in [-0.39, 0.29) is 0 Å². The van der Waals surface area contributed by atoms with E-state index >= 15 is 0 Å². The SMILES string of the molecule is COCCCCCn1nnnc1-c1ccc(Br)c(N)c1. The molecule has 0 saturated heterocycles. The molecule has 0 aliphatic carbocycles. The van der Waals surface area contributed by atoms with E-state index in [4.69, 9.17) is 10.5 Å². The molecule has 108 valence electrons. The number of unbranched alkanes of at least 4 members (excludes halogenated alkanes) is 2. The minimum Gasteiger partial charge on any atom is -0.398 e. The van der Waals surface area contributed by atoms with E-state index < -0.39 is 0 Å². The van der Waals surface area contributed by atoms with Crippen LogP contribution in [0.1, 0.15) is 19.3 Å². The molecule has 0 saturated carbocycles. The van der Waals surface area contributed by atoms with Crippen molar-refractivity contribution >= 4 is 21.6 Å². The fraction of sp³-hybridized carbons (Fsp3) is 0.462. The first kappa shape index (κ1) is 14.9. The minimum atomic E-state index is 0.678. The van der Waals surface area contributed by atoms with Crippen molar-refractivity contribution in [3.63, 3.8) is 0 Å². The van der Waals surface area contributed by atoms with Gasteiger partial charge in [0.05, 0.1) is 0 Å². The molecule has 2 N–H and O–H groups in total. The molecule has 6 nitrogen and oxygen atoms in total. The molecular weight excluding hydrogens is 322 g/mol. The third kappa shape index (κ3) is 3.77. The van der Waals surface area contributed by atoms with Gasteiger partial charge < -0.3 is 10.5 Å². The predicted octanol–water partition coefficient (Wildman–Crippen LogP) is 2.50. The van der Waals surface area contributed by atoms with Gasteiger partial charge in [0.25, 0.3) is 0 Å². The summed E-state index contributed by atoms with van der Waals surface area (Å²) in [5.74, 6) is 0.746. The lowest BCUT2D eigenvalue weighted by molar-refractivity contribution is 0.191. The van der Waals surface area contributed by atoms with Crippen molar-refractivity contribution in [2.45, 2.75) is 25.8 Å². The Labute approximate surface area is 126 Å². The van der Waals surface area contributed by atoms with Gasteiger partial charge in [-0.05, 0) is 63.8 Å². The first-order chi connectivity index (χ1) is 9.72. The number of methoxy groups -OCH3 is 1. The molecule has 0 radical (unpaired) electrons. The van der Waals surface area contributed by atoms with Gasteiger partial charge in [-0.25, -0.2) is 4.68 Å². The van der Waals surface area contributed by atoms with Gasteiger partial charge in [-0.1, -0.05) is 0 Å². The highest BCUT2D eigenvalue weighted by Gasteiger charge is 2.09. The molecule has 1 aromatic heterocycles. The maximum absolute atomic E-state index is 5.89. The normalized spacial score (nSPS) is 10.9. The number of aryl methyl sites for hydroxylation is 1. The molecule has 0 amide bonds. The lowest BCUT2D eigenvalue weighted by Crippen LogP contribution is -2.04. The van der Waals surface area contributed by atoms with E-state index in [9.17, 15) is 0 Å². The standard InChI is InChI=1S/C13H18BrN5O/c1-20-8-4-2-3-7-19-13(16-17-18-19)10-5-6-11(14)12(15)9-10/h5-6,9H,2-4,7-8,15H2,1H3. The van der Waals surface area contributed by atoms with Crippen molar-refractivity contribution in [1.29, 1.82) is 0 Å².